The molecule has 1 aliphatic heterocycles. The monoisotopic (exact) mass is 507 g/mol. The van der Waals surface area contributed by atoms with Crippen LogP contribution in [0.25, 0.3) is 10.9 Å². The van der Waals surface area contributed by atoms with E-state index in [1.165, 1.54) is 0 Å². The third kappa shape index (κ3) is 6.29. The molecule has 2 aromatic carbocycles. The molecule has 0 saturated heterocycles. The number of hydrogen-bond acceptors (Lipinski definition) is 5. The van der Waals surface area contributed by atoms with Gasteiger partial charge < -0.3 is 25.3 Å². The quantitative estimate of drug-likeness (QED) is 0.401. The zero-order chi connectivity index (χ0) is 26.2. The van der Waals surface area contributed by atoms with E-state index in [2.05, 4.69) is 10.6 Å². The Morgan fingerprint density at radius 1 is 1.03 bits per heavy atom. The van der Waals surface area contributed by atoms with E-state index in [1.807, 2.05) is 24.3 Å². The van der Waals surface area contributed by atoms with Crippen molar-refractivity contribution in [2.75, 3.05) is 24.4 Å². The van der Waals surface area contributed by atoms with Crippen LogP contribution in [0.4, 0.5) is 11.4 Å². The van der Waals surface area contributed by atoms with Crippen LogP contribution in [-0.4, -0.2) is 47.4 Å². The average molecular weight is 508 g/mol. The zero-order valence-electron chi connectivity index (χ0n) is 21.0. The molecule has 4 rings (SSSR count). The van der Waals surface area contributed by atoms with Crippen molar-refractivity contribution in [2.24, 2.45) is 0 Å². The van der Waals surface area contributed by atoms with E-state index >= 15 is 0 Å². The minimum absolute atomic E-state index is 0.116. The van der Waals surface area contributed by atoms with Gasteiger partial charge in [-0.1, -0.05) is 43.2 Å². The Morgan fingerprint density at radius 3 is 2.51 bits per heavy atom. The highest BCUT2D eigenvalue weighted by Crippen LogP contribution is 2.30. The largest absolute Gasteiger partial charge is 0.481 e. The fourth-order valence-corrected chi connectivity index (χ4v) is 4.75. The van der Waals surface area contributed by atoms with Crippen molar-refractivity contribution < 1.29 is 29.1 Å². The number of nitrogens with zero attached hydrogens (tertiary/aromatic N) is 1. The number of amides is 2. The molecule has 9 heteroatoms. The lowest BCUT2D eigenvalue weighted by Gasteiger charge is -2.20. The highest BCUT2D eigenvalue weighted by molar-refractivity contribution is 6.15. The Hall–Kier alpha value is -3.85. The van der Waals surface area contributed by atoms with Crippen molar-refractivity contribution in [3.8, 4) is 0 Å². The van der Waals surface area contributed by atoms with Crippen LogP contribution in [0.1, 0.15) is 61.0 Å². The number of carbonyl (C=O) groups is 3. The number of para-hydroxylation sites is 3. The van der Waals surface area contributed by atoms with Gasteiger partial charge in [0.2, 0.25) is 0 Å². The molecule has 0 radical (unpaired) electrons. The Morgan fingerprint density at radius 2 is 1.76 bits per heavy atom. The maximum absolute atomic E-state index is 13.6. The van der Waals surface area contributed by atoms with Gasteiger partial charge in [0.1, 0.15) is 13.2 Å². The van der Waals surface area contributed by atoms with Crippen LogP contribution in [0.15, 0.2) is 48.5 Å². The molecule has 9 nitrogen and oxygen atoms in total. The summed E-state index contributed by atoms with van der Waals surface area (Å²) in [6, 6.07) is 14.7. The molecule has 0 spiro atoms. The normalized spacial score (nSPS) is 16.7. The van der Waals surface area contributed by atoms with Gasteiger partial charge in [-0.2, -0.15) is 4.73 Å². The number of benzene rings is 2. The third-order valence-corrected chi connectivity index (χ3v) is 6.55. The number of hydrogen-bond donors (Lipinski definition) is 3. The predicted molar refractivity (Wildman–Crippen MR) is 141 cm³/mol. The summed E-state index contributed by atoms with van der Waals surface area (Å²) in [4.78, 5) is 43.2. The lowest BCUT2D eigenvalue weighted by molar-refractivity contribution is -0.137. The van der Waals surface area contributed by atoms with E-state index in [9.17, 15) is 14.4 Å². The maximum Gasteiger partial charge on any atom is 0.303 e. The molecule has 1 atom stereocenters. The Kier molecular flexibility index (Phi) is 8.79. The van der Waals surface area contributed by atoms with Gasteiger partial charge >= 0.3 is 5.97 Å². The van der Waals surface area contributed by atoms with Crippen LogP contribution in [0.5, 0.6) is 0 Å². The first-order valence-electron chi connectivity index (χ1n) is 12.7. The van der Waals surface area contributed by atoms with Gasteiger partial charge in [-0.25, -0.2) is 0 Å². The Labute approximate surface area is 215 Å². The molecule has 2 heterocycles. The van der Waals surface area contributed by atoms with Gasteiger partial charge in [0.05, 0.1) is 28.1 Å². The van der Waals surface area contributed by atoms with Gasteiger partial charge in [-0.05, 0) is 50.3 Å². The summed E-state index contributed by atoms with van der Waals surface area (Å²) >= 11 is 0. The first-order chi connectivity index (χ1) is 18.0. The number of ether oxygens (including phenoxy) is 1. The number of nitrogens with one attached hydrogen (secondary N) is 2. The first-order valence-corrected chi connectivity index (χ1v) is 12.7. The van der Waals surface area contributed by atoms with Crippen molar-refractivity contribution in [1.29, 1.82) is 0 Å². The van der Waals surface area contributed by atoms with Gasteiger partial charge in [-0.15, -0.1) is 0 Å². The van der Waals surface area contributed by atoms with Crippen molar-refractivity contribution >= 4 is 40.1 Å². The van der Waals surface area contributed by atoms with Gasteiger partial charge in [0, 0.05) is 18.4 Å². The molecule has 0 bridgehead atoms. The first kappa shape index (κ1) is 26.2. The number of fused-ring (bicyclic) bond motifs is 4. The summed E-state index contributed by atoms with van der Waals surface area (Å²) < 4.78 is 7.73. The standard InChI is InChI=1S/C28H33N3O6/c1-36-31-22-14-8-5-11-19(22)26-23(31)15-9-10-18-37-24(16-3-2-4-17-25(32)33)27(34)29-20-12-6-7-13-21(20)30-28(26)35/h5-8,11-14,24H,2-4,9-10,15-18H2,1H3,(H,29,34)(H,30,35)(H,32,33). The minimum Gasteiger partial charge on any atom is -0.481 e. The molecule has 0 fully saturated rings. The second kappa shape index (κ2) is 12.4. The SMILES string of the molecule is COn1c2c(c3ccccc31)C(=O)Nc1ccccc1NC(=O)C(CCCCCC(=O)O)OCCCC2. The van der Waals surface area contributed by atoms with E-state index in [-0.39, 0.29) is 18.2 Å². The Bertz CT molecular complexity index is 1270. The van der Waals surface area contributed by atoms with Crippen LogP contribution in [0.3, 0.4) is 0 Å². The van der Waals surface area contributed by atoms with Crippen LogP contribution in [0, 0.1) is 0 Å². The fraction of sp³-hybridized carbons (Fsp3) is 0.393. The molecule has 3 aromatic rings. The molecular weight excluding hydrogens is 474 g/mol. The molecule has 1 aliphatic rings. The lowest BCUT2D eigenvalue weighted by atomic mass is 10.1. The molecule has 1 unspecified atom stereocenters. The van der Waals surface area contributed by atoms with Crippen molar-refractivity contribution in [1.82, 2.24) is 4.73 Å². The summed E-state index contributed by atoms with van der Waals surface area (Å²) in [5.74, 6) is -1.37. The topological polar surface area (TPSA) is 119 Å². The number of carboxylic acids is 1. The van der Waals surface area contributed by atoms with Crippen LogP contribution < -0.4 is 15.5 Å². The van der Waals surface area contributed by atoms with E-state index in [0.29, 0.717) is 62.1 Å². The summed E-state index contributed by atoms with van der Waals surface area (Å²) in [5.41, 5.74) is 3.12. The van der Waals surface area contributed by atoms with Crippen molar-refractivity contribution in [2.45, 2.75) is 57.5 Å². The van der Waals surface area contributed by atoms with Crippen LogP contribution in [0.2, 0.25) is 0 Å². The molecular formula is C28H33N3O6. The molecule has 37 heavy (non-hydrogen) atoms. The number of carboxylic acid groups (broad SMARTS) is 1. The highest BCUT2D eigenvalue weighted by atomic mass is 16.6. The van der Waals surface area contributed by atoms with E-state index < -0.39 is 12.1 Å². The predicted octanol–water partition coefficient (Wildman–Crippen LogP) is 4.65. The summed E-state index contributed by atoms with van der Waals surface area (Å²) in [5, 5.41) is 15.5. The second-order valence-corrected chi connectivity index (χ2v) is 9.11. The fourth-order valence-electron chi connectivity index (χ4n) is 4.75. The zero-order valence-corrected chi connectivity index (χ0v) is 21.0. The summed E-state index contributed by atoms with van der Waals surface area (Å²) in [7, 11) is 1.59. The van der Waals surface area contributed by atoms with Gasteiger partial charge in [0.15, 0.2) is 0 Å². The molecule has 1 aromatic heterocycles. The molecule has 2 amide bonds. The minimum atomic E-state index is -0.818. The number of anilines is 2. The van der Waals surface area contributed by atoms with Gasteiger partial charge in [-0.3, -0.25) is 14.4 Å². The summed E-state index contributed by atoms with van der Waals surface area (Å²) in [6.07, 6.45) is 3.92. The van der Waals surface area contributed by atoms with Crippen LogP contribution in [-0.2, 0) is 20.7 Å². The third-order valence-electron chi connectivity index (χ3n) is 6.55. The van der Waals surface area contributed by atoms with E-state index in [0.717, 1.165) is 23.0 Å². The number of unbranched alkanes of at least 4 members (excludes halogenated alkanes) is 2. The number of aromatic nitrogens is 1. The lowest BCUT2D eigenvalue weighted by Crippen LogP contribution is -2.31. The Balaban J connectivity index is 1.61. The van der Waals surface area contributed by atoms with Gasteiger partial charge in [0.25, 0.3) is 11.8 Å². The number of carbonyl (C=O) groups excluding carboxylic acids is 2. The van der Waals surface area contributed by atoms with Crippen molar-refractivity contribution in [3.63, 3.8) is 0 Å². The molecule has 0 aliphatic carbocycles. The molecule has 0 saturated carbocycles. The van der Waals surface area contributed by atoms with E-state index in [1.54, 1.807) is 36.1 Å². The summed E-state index contributed by atoms with van der Waals surface area (Å²) in [6.45, 7) is 0.392. The molecule has 196 valence electrons. The smallest absolute Gasteiger partial charge is 0.303 e. The number of rotatable bonds is 7. The maximum atomic E-state index is 13.6. The number of aliphatic carboxylic acids is 1. The highest BCUT2D eigenvalue weighted by Gasteiger charge is 2.25. The average Bonchev–Trinajstić information content (AvgIpc) is 3.20. The molecule has 3 N–H and O–H groups in total. The van der Waals surface area contributed by atoms with E-state index in [4.69, 9.17) is 14.7 Å². The van der Waals surface area contributed by atoms with Crippen molar-refractivity contribution in [3.05, 3.63) is 59.8 Å². The second-order valence-electron chi connectivity index (χ2n) is 9.11. The van der Waals surface area contributed by atoms with Crippen LogP contribution >= 0.6 is 0 Å².